The number of nitrogens with zero attached hydrogens (tertiary/aromatic N) is 2. The second-order valence-corrected chi connectivity index (χ2v) is 6.57. The smallest absolute Gasteiger partial charge is 0.255 e. The van der Waals surface area contributed by atoms with Gasteiger partial charge in [0.2, 0.25) is 0 Å². The normalized spacial score (nSPS) is 14.7. The van der Waals surface area contributed by atoms with Crippen molar-refractivity contribution in [1.82, 2.24) is 9.80 Å². The number of anilines is 1. The zero-order valence-corrected chi connectivity index (χ0v) is 16.8. The Kier molecular flexibility index (Phi) is 9.23. The van der Waals surface area contributed by atoms with Crippen molar-refractivity contribution in [2.24, 2.45) is 0 Å². The minimum Gasteiger partial charge on any atom is -0.398 e. The summed E-state index contributed by atoms with van der Waals surface area (Å²) in [7, 11) is 0. The van der Waals surface area contributed by atoms with Gasteiger partial charge >= 0.3 is 0 Å². The monoisotopic (exact) mass is 415 g/mol. The van der Waals surface area contributed by atoms with E-state index in [1.54, 1.807) is 12.1 Å². The molecule has 0 unspecified atom stereocenters. The van der Waals surface area contributed by atoms with Gasteiger partial charge in [-0.2, -0.15) is 0 Å². The Hall–Kier alpha value is -1.46. The average molecular weight is 417 g/mol. The molecule has 1 aliphatic rings. The molecule has 1 saturated heterocycles. The predicted octanol–water partition coefficient (Wildman–Crippen LogP) is 4.11. The van der Waals surface area contributed by atoms with Gasteiger partial charge in [-0.05, 0) is 36.2 Å². The van der Waals surface area contributed by atoms with E-state index in [0.717, 1.165) is 44.2 Å². The summed E-state index contributed by atoms with van der Waals surface area (Å²) in [4.78, 5) is 17.0. The van der Waals surface area contributed by atoms with Crippen LogP contribution >= 0.6 is 36.4 Å². The maximum absolute atomic E-state index is 12.7. The molecule has 0 aromatic heterocycles. The van der Waals surface area contributed by atoms with Crippen LogP contribution in [0.3, 0.4) is 0 Å². The van der Waals surface area contributed by atoms with Crippen LogP contribution in [0, 0.1) is 0 Å². The number of carbonyl (C=O) groups excluding carboxylic acids is 1. The van der Waals surface area contributed by atoms with Crippen LogP contribution in [0.5, 0.6) is 0 Å². The highest BCUT2D eigenvalue weighted by molar-refractivity contribution is 6.30. The number of para-hydroxylation sites is 1. The third kappa shape index (κ3) is 5.78. The zero-order valence-electron chi connectivity index (χ0n) is 14.4. The minimum absolute atomic E-state index is 0. The van der Waals surface area contributed by atoms with Crippen molar-refractivity contribution in [2.45, 2.75) is 13.0 Å². The van der Waals surface area contributed by atoms with Gasteiger partial charge in [-0.15, -0.1) is 24.8 Å². The Morgan fingerprint density at radius 1 is 0.962 bits per heavy atom. The molecule has 1 aliphatic heterocycles. The summed E-state index contributed by atoms with van der Waals surface area (Å²) < 4.78 is 0. The van der Waals surface area contributed by atoms with Gasteiger partial charge in [0.15, 0.2) is 0 Å². The molecule has 2 aromatic rings. The number of halogens is 3. The molecule has 7 heteroatoms. The number of benzene rings is 2. The molecule has 1 amide bonds. The summed E-state index contributed by atoms with van der Waals surface area (Å²) >= 11 is 5.94. The molecule has 142 valence electrons. The first-order valence-corrected chi connectivity index (χ1v) is 8.62. The maximum atomic E-state index is 12.7. The number of amides is 1. The van der Waals surface area contributed by atoms with Crippen molar-refractivity contribution >= 4 is 48.0 Å². The zero-order chi connectivity index (χ0) is 16.9. The maximum Gasteiger partial charge on any atom is 0.255 e. The first kappa shape index (κ1) is 22.6. The molecule has 2 aromatic carbocycles. The van der Waals surface area contributed by atoms with Gasteiger partial charge in [0.25, 0.3) is 5.91 Å². The van der Waals surface area contributed by atoms with Crippen LogP contribution in [0.4, 0.5) is 5.69 Å². The molecule has 1 fully saturated rings. The fraction of sp³-hybridized carbons (Fsp3) is 0.316. The van der Waals surface area contributed by atoms with E-state index in [1.165, 1.54) is 5.56 Å². The number of nitrogen functional groups attached to an aromatic ring is 1. The van der Waals surface area contributed by atoms with Crippen molar-refractivity contribution in [3.8, 4) is 0 Å². The lowest BCUT2D eigenvalue weighted by atomic mass is 10.1. The van der Waals surface area contributed by atoms with E-state index in [1.807, 2.05) is 29.2 Å². The van der Waals surface area contributed by atoms with Crippen molar-refractivity contribution in [1.29, 1.82) is 0 Å². The molecule has 26 heavy (non-hydrogen) atoms. The van der Waals surface area contributed by atoms with Crippen molar-refractivity contribution in [2.75, 3.05) is 31.9 Å². The topological polar surface area (TPSA) is 49.6 Å². The predicted molar refractivity (Wildman–Crippen MR) is 113 cm³/mol. The molecular formula is C19H24Cl3N3O. The van der Waals surface area contributed by atoms with Crippen LogP contribution in [0.15, 0.2) is 48.5 Å². The number of hydrogen-bond donors (Lipinski definition) is 1. The summed E-state index contributed by atoms with van der Waals surface area (Å²) in [5.41, 5.74) is 8.33. The molecule has 1 heterocycles. The van der Waals surface area contributed by atoms with E-state index in [4.69, 9.17) is 17.3 Å². The highest BCUT2D eigenvalue weighted by atomic mass is 35.5. The van der Waals surface area contributed by atoms with Crippen molar-refractivity contribution in [3.05, 3.63) is 64.7 Å². The van der Waals surface area contributed by atoms with Crippen LogP contribution in [0.1, 0.15) is 22.3 Å². The summed E-state index contributed by atoms with van der Waals surface area (Å²) in [5, 5.41) is 0.756. The lowest BCUT2D eigenvalue weighted by molar-refractivity contribution is 0.0762. The second kappa shape index (κ2) is 10.6. The Morgan fingerprint density at radius 3 is 2.35 bits per heavy atom. The lowest BCUT2D eigenvalue weighted by Gasteiger charge is -2.22. The largest absolute Gasteiger partial charge is 0.398 e. The molecule has 3 rings (SSSR count). The molecule has 0 spiro atoms. The second-order valence-electron chi connectivity index (χ2n) is 6.14. The fourth-order valence-corrected chi connectivity index (χ4v) is 3.17. The van der Waals surface area contributed by atoms with Crippen LogP contribution in [0.2, 0.25) is 5.02 Å². The number of carbonyl (C=O) groups is 1. The Labute approximate surface area is 172 Å². The van der Waals surface area contributed by atoms with Crippen LogP contribution in [-0.2, 0) is 6.54 Å². The van der Waals surface area contributed by atoms with Gasteiger partial charge in [0.05, 0.1) is 5.56 Å². The van der Waals surface area contributed by atoms with E-state index >= 15 is 0 Å². The minimum atomic E-state index is 0. The Balaban J connectivity index is 0.00000169. The first-order chi connectivity index (χ1) is 11.6. The quantitative estimate of drug-likeness (QED) is 0.766. The molecule has 2 N–H and O–H groups in total. The van der Waals surface area contributed by atoms with Gasteiger partial charge in [-0.3, -0.25) is 9.69 Å². The van der Waals surface area contributed by atoms with Crippen molar-refractivity contribution < 1.29 is 4.79 Å². The molecule has 0 radical (unpaired) electrons. The molecule has 4 nitrogen and oxygen atoms in total. The van der Waals surface area contributed by atoms with E-state index in [-0.39, 0.29) is 30.7 Å². The van der Waals surface area contributed by atoms with Gasteiger partial charge in [-0.1, -0.05) is 35.9 Å². The third-order valence-corrected chi connectivity index (χ3v) is 4.64. The third-order valence-electron chi connectivity index (χ3n) is 4.39. The highest BCUT2D eigenvalue weighted by Gasteiger charge is 2.21. The summed E-state index contributed by atoms with van der Waals surface area (Å²) in [6.45, 7) is 4.22. The van der Waals surface area contributed by atoms with Gasteiger partial charge in [0, 0.05) is 43.4 Å². The molecule has 0 aliphatic carbocycles. The standard InChI is InChI=1S/C19H22ClN3O.2ClH/c20-16-8-6-15(7-9-16)14-22-10-3-11-23(13-12-22)19(24)17-4-1-2-5-18(17)21;;/h1-2,4-9H,3,10-14,21H2;2*1H. The molecule has 0 atom stereocenters. The summed E-state index contributed by atoms with van der Waals surface area (Å²) in [6, 6.07) is 15.2. The van der Waals surface area contributed by atoms with E-state index < -0.39 is 0 Å². The van der Waals surface area contributed by atoms with Crippen LogP contribution in [0.25, 0.3) is 0 Å². The van der Waals surface area contributed by atoms with Gasteiger partial charge in [0.1, 0.15) is 0 Å². The van der Waals surface area contributed by atoms with E-state index in [9.17, 15) is 4.79 Å². The Bertz CT molecular complexity index is 709. The first-order valence-electron chi connectivity index (χ1n) is 8.24. The molecule has 0 saturated carbocycles. The Morgan fingerprint density at radius 2 is 1.65 bits per heavy atom. The molecular weight excluding hydrogens is 393 g/mol. The van der Waals surface area contributed by atoms with Crippen LogP contribution < -0.4 is 5.73 Å². The van der Waals surface area contributed by atoms with Gasteiger partial charge < -0.3 is 10.6 Å². The van der Waals surface area contributed by atoms with Crippen LogP contribution in [-0.4, -0.2) is 41.9 Å². The van der Waals surface area contributed by atoms with Gasteiger partial charge in [-0.25, -0.2) is 0 Å². The highest BCUT2D eigenvalue weighted by Crippen LogP contribution is 2.17. The SMILES string of the molecule is Cl.Cl.Nc1ccccc1C(=O)N1CCCN(Cc2ccc(Cl)cc2)CC1. The molecule has 0 bridgehead atoms. The lowest BCUT2D eigenvalue weighted by Crippen LogP contribution is -2.35. The number of hydrogen-bond acceptors (Lipinski definition) is 3. The number of rotatable bonds is 3. The number of nitrogens with two attached hydrogens (primary N) is 1. The average Bonchev–Trinajstić information content (AvgIpc) is 2.82. The van der Waals surface area contributed by atoms with E-state index in [2.05, 4.69) is 17.0 Å². The van der Waals surface area contributed by atoms with E-state index in [0.29, 0.717) is 11.3 Å². The summed E-state index contributed by atoms with van der Waals surface area (Å²) in [6.07, 6.45) is 0.964. The van der Waals surface area contributed by atoms with Crippen molar-refractivity contribution in [3.63, 3.8) is 0 Å². The fourth-order valence-electron chi connectivity index (χ4n) is 3.04. The summed E-state index contributed by atoms with van der Waals surface area (Å²) in [5.74, 6) is 0.0291.